The van der Waals surface area contributed by atoms with Gasteiger partial charge < -0.3 is 5.11 Å². The van der Waals surface area contributed by atoms with E-state index in [1.165, 1.54) is 0 Å². The Morgan fingerprint density at radius 2 is 2.10 bits per heavy atom. The first kappa shape index (κ1) is 15.5. The summed E-state index contributed by atoms with van der Waals surface area (Å²) in [5, 5.41) is 17.8. The van der Waals surface area contributed by atoms with Crippen LogP contribution in [0.3, 0.4) is 0 Å². The summed E-state index contributed by atoms with van der Waals surface area (Å²) in [5.41, 5.74) is 1.70. The molecule has 1 aromatic carbocycles. The smallest absolute Gasteiger partial charge is 0.358 e. The molecule has 6 heteroatoms. The summed E-state index contributed by atoms with van der Waals surface area (Å²) >= 11 is 5.98. The molecule has 5 nitrogen and oxygen atoms in total. The minimum atomic E-state index is -1.03. The molecule has 21 heavy (non-hydrogen) atoms. The zero-order chi connectivity index (χ0) is 15.4. The highest BCUT2D eigenvalue weighted by molar-refractivity contribution is 6.30. The summed E-state index contributed by atoms with van der Waals surface area (Å²) in [6.07, 6.45) is 1.69. The van der Waals surface area contributed by atoms with Crippen molar-refractivity contribution < 1.29 is 9.90 Å². The van der Waals surface area contributed by atoms with E-state index in [1.54, 1.807) is 10.7 Å². The van der Waals surface area contributed by atoms with Gasteiger partial charge in [0.25, 0.3) is 0 Å². The summed E-state index contributed by atoms with van der Waals surface area (Å²) in [5.74, 6) is -0.903. The highest BCUT2D eigenvalue weighted by atomic mass is 35.5. The largest absolute Gasteiger partial charge is 0.476 e. The van der Waals surface area contributed by atoms with Crippen LogP contribution in [-0.2, 0) is 6.54 Å². The van der Waals surface area contributed by atoms with E-state index in [0.717, 1.165) is 18.4 Å². The van der Waals surface area contributed by atoms with Crippen molar-refractivity contribution in [2.45, 2.75) is 39.2 Å². The molecule has 1 N–H and O–H groups in total. The second-order valence-corrected chi connectivity index (χ2v) is 5.37. The van der Waals surface area contributed by atoms with Crippen LogP contribution in [0.2, 0.25) is 5.02 Å². The van der Waals surface area contributed by atoms with Crippen LogP contribution in [0.15, 0.2) is 24.3 Å². The normalized spacial score (nSPS) is 11.0. The number of carbonyl (C=O) groups is 1. The third-order valence-corrected chi connectivity index (χ3v) is 3.80. The molecule has 0 fully saturated rings. The molecule has 112 valence electrons. The van der Waals surface area contributed by atoms with Crippen LogP contribution in [0, 0.1) is 0 Å². The predicted octanol–water partition coefficient (Wildman–Crippen LogP) is 3.58. The zero-order valence-corrected chi connectivity index (χ0v) is 12.8. The minimum absolute atomic E-state index is 0.0470. The van der Waals surface area contributed by atoms with Crippen LogP contribution in [0.25, 0.3) is 0 Å². The van der Waals surface area contributed by atoms with Crippen molar-refractivity contribution >= 4 is 17.6 Å². The third kappa shape index (κ3) is 3.42. The second kappa shape index (κ2) is 6.72. The number of carboxylic acid groups (broad SMARTS) is 1. The first-order valence-corrected chi connectivity index (χ1v) is 7.35. The van der Waals surface area contributed by atoms with Crippen molar-refractivity contribution in [3.8, 4) is 0 Å². The lowest BCUT2D eigenvalue weighted by molar-refractivity contribution is 0.0688. The monoisotopic (exact) mass is 307 g/mol. The van der Waals surface area contributed by atoms with E-state index in [-0.39, 0.29) is 11.6 Å². The first-order chi connectivity index (χ1) is 10.1. The van der Waals surface area contributed by atoms with E-state index in [2.05, 4.69) is 10.3 Å². The average molecular weight is 308 g/mol. The maximum absolute atomic E-state index is 11.3. The number of aromatic carboxylic acids is 1. The number of halogens is 1. The van der Waals surface area contributed by atoms with Gasteiger partial charge in [-0.2, -0.15) is 0 Å². The van der Waals surface area contributed by atoms with Crippen LogP contribution in [0.4, 0.5) is 0 Å². The topological polar surface area (TPSA) is 68.0 Å². The van der Waals surface area contributed by atoms with Crippen LogP contribution in [0.1, 0.15) is 54.4 Å². The molecule has 0 aliphatic rings. The lowest BCUT2D eigenvalue weighted by atomic mass is 9.97. The molecule has 0 amide bonds. The molecule has 0 saturated heterocycles. The Morgan fingerprint density at radius 1 is 1.38 bits per heavy atom. The molecule has 1 heterocycles. The first-order valence-electron chi connectivity index (χ1n) is 6.97. The average Bonchev–Trinajstić information content (AvgIpc) is 2.84. The fraction of sp³-hybridized carbons (Fsp3) is 0.400. The Morgan fingerprint density at radius 3 is 2.67 bits per heavy atom. The maximum Gasteiger partial charge on any atom is 0.358 e. The van der Waals surface area contributed by atoms with E-state index in [9.17, 15) is 9.90 Å². The Bertz CT molecular complexity index is 636. The van der Waals surface area contributed by atoms with Gasteiger partial charge in [-0.1, -0.05) is 42.8 Å². The highest BCUT2D eigenvalue weighted by Gasteiger charge is 2.24. The molecule has 0 bridgehead atoms. The Kier molecular flexibility index (Phi) is 4.96. The molecule has 0 unspecified atom stereocenters. The highest BCUT2D eigenvalue weighted by Crippen LogP contribution is 2.26. The van der Waals surface area contributed by atoms with Gasteiger partial charge in [-0.3, -0.25) is 0 Å². The molecular weight excluding hydrogens is 290 g/mol. The number of nitrogens with zero attached hydrogens (tertiary/aromatic N) is 3. The molecule has 2 rings (SSSR count). The fourth-order valence-electron chi connectivity index (χ4n) is 2.48. The van der Waals surface area contributed by atoms with Crippen LogP contribution in [0.5, 0.6) is 0 Å². The molecule has 2 aromatic rings. The summed E-state index contributed by atoms with van der Waals surface area (Å²) in [4.78, 5) is 11.3. The van der Waals surface area contributed by atoms with Gasteiger partial charge in [-0.25, -0.2) is 9.48 Å². The summed E-state index contributed by atoms with van der Waals surface area (Å²) in [6.45, 7) is 4.54. The van der Waals surface area contributed by atoms with Crippen molar-refractivity contribution in [2.75, 3.05) is 0 Å². The molecule has 0 radical (unpaired) electrons. The van der Waals surface area contributed by atoms with Gasteiger partial charge in [0.15, 0.2) is 5.69 Å². The number of hydrogen-bond acceptors (Lipinski definition) is 3. The quantitative estimate of drug-likeness (QED) is 0.885. The standard InChI is InChI=1S/C15H18ClN3O2/c1-3-11(4-2)14-13(15(20)21)17-18-19(14)9-10-6-5-7-12(16)8-10/h5-8,11H,3-4,9H2,1-2H3,(H,20,21). The molecular formula is C15H18ClN3O2. The minimum Gasteiger partial charge on any atom is -0.476 e. The second-order valence-electron chi connectivity index (χ2n) is 4.93. The third-order valence-electron chi connectivity index (χ3n) is 3.57. The van der Waals surface area contributed by atoms with Gasteiger partial charge in [0, 0.05) is 10.9 Å². The summed E-state index contributed by atoms with van der Waals surface area (Å²) < 4.78 is 1.67. The van der Waals surface area contributed by atoms with Crippen LogP contribution in [-0.4, -0.2) is 26.1 Å². The number of aromatic nitrogens is 3. The van der Waals surface area contributed by atoms with Crippen molar-refractivity contribution in [1.29, 1.82) is 0 Å². The molecule has 1 aromatic heterocycles. The lowest BCUT2D eigenvalue weighted by Crippen LogP contribution is -2.13. The van der Waals surface area contributed by atoms with Gasteiger partial charge in [0.1, 0.15) is 0 Å². The van der Waals surface area contributed by atoms with E-state index in [0.29, 0.717) is 17.3 Å². The number of rotatable bonds is 6. The van der Waals surface area contributed by atoms with Gasteiger partial charge >= 0.3 is 5.97 Å². The van der Waals surface area contributed by atoms with Crippen molar-refractivity contribution in [1.82, 2.24) is 15.0 Å². The lowest BCUT2D eigenvalue weighted by Gasteiger charge is -2.15. The van der Waals surface area contributed by atoms with Gasteiger partial charge in [-0.15, -0.1) is 5.10 Å². The van der Waals surface area contributed by atoms with Crippen LogP contribution < -0.4 is 0 Å². The van der Waals surface area contributed by atoms with E-state index < -0.39 is 5.97 Å². The molecule has 0 atom stereocenters. The Balaban J connectivity index is 2.41. The summed E-state index contributed by atoms with van der Waals surface area (Å²) in [6, 6.07) is 7.45. The number of hydrogen-bond donors (Lipinski definition) is 1. The van der Waals surface area contributed by atoms with Gasteiger partial charge in [-0.05, 0) is 30.5 Å². The molecule has 0 aliphatic carbocycles. The zero-order valence-electron chi connectivity index (χ0n) is 12.1. The van der Waals surface area contributed by atoms with Crippen molar-refractivity contribution in [3.63, 3.8) is 0 Å². The summed E-state index contributed by atoms with van der Waals surface area (Å²) in [7, 11) is 0. The van der Waals surface area contributed by atoms with Gasteiger partial charge in [0.2, 0.25) is 0 Å². The Hall–Kier alpha value is -1.88. The van der Waals surface area contributed by atoms with E-state index >= 15 is 0 Å². The number of carboxylic acids is 1. The SMILES string of the molecule is CCC(CC)c1c(C(=O)O)nnn1Cc1cccc(Cl)c1. The Labute approximate surface area is 128 Å². The van der Waals surface area contributed by atoms with E-state index in [4.69, 9.17) is 11.6 Å². The van der Waals surface area contributed by atoms with E-state index in [1.807, 2.05) is 32.0 Å². The fourth-order valence-corrected chi connectivity index (χ4v) is 2.69. The van der Waals surface area contributed by atoms with Crippen LogP contribution >= 0.6 is 11.6 Å². The molecule has 0 aliphatic heterocycles. The maximum atomic E-state index is 11.3. The van der Waals surface area contributed by atoms with Gasteiger partial charge in [0.05, 0.1) is 12.2 Å². The molecule has 0 saturated carbocycles. The molecule has 0 spiro atoms. The predicted molar refractivity (Wildman–Crippen MR) is 80.9 cm³/mol. The van der Waals surface area contributed by atoms with Crippen molar-refractivity contribution in [2.24, 2.45) is 0 Å². The van der Waals surface area contributed by atoms with Crippen molar-refractivity contribution in [3.05, 3.63) is 46.2 Å². The number of benzene rings is 1.